The molecule has 12 heavy (non-hydrogen) atoms. The van der Waals surface area contributed by atoms with Crippen LogP contribution >= 0.6 is 11.6 Å². The van der Waals surface area contributed by atoms with E-state index in [0.717, 1.165) is 9.80 Å². The van der Waals surface area contributed by atoms with Gasteiger partial charge in [-0.2, -0.15) is 0 Å². The van der Waals surface area contributed by atoms with Crippen molar-refractivity contribution in [1.82, 2.24) is 9.80 Å². The standard InChI is InChI=1S/C6H7ClN2O3/c1-8-4(10)3(7)5(11)9(2)6(8)12/h3H,1-2H3. The van der Waals surface area contributed by atoms with E-state index in [-0.39, 0.29) is 0 Å². The first-order valence-corrected chi connectivity index (χ1v) is 3.63. The summed E-state index contributed by atoms with van der Waals surface area (Å²) in [5.74, 6) is -1.35. The first-order valence-electron chi connectivity index (χ1n) is 3.20. The Hall–Kier alpha value is -1.10. The highest BCUT2D eigenvalue weighted by Gasteiger charge is 2.41. The largest absolute Gasteiger partial charge is 0.332 e. The summed E-state index contributed by atoms with van der Waals surface area (Å²) in [5.41, 5.74) is 0. The Kier molecular flexibility index (Phi) is 2.06. The second-order valence-electron chi connectivity index (χ2n) is 2.44. The quantitative estimate of drug-likeness (QED) is 0.387. The van der Waals surface area contributed by atoms with Crippen molar-refractivity contribution in [2.75, 3.05) is 14.1 Å². The summed E-state index contributed by atoms with van der Waals surface area (Å²) in [4.78, 5) is 34.7. The van der Waals surface area contributed by atoms with Crippen molar-refractivity contribution in [2.24, 2.45) is 0 Å². The van der Waals surface area contributed by atoms with E-state index < -0.39 is 23.2 Å². The van der Waals surface area contributed by atoms with Crippen molar-refractivity contribution in [3.63, 3.8) is 0 Å². The summed E-state index contributed by atoms with van der Waals surface area (Å²) >= 11 is 5.44. The highest BCUT2D eigenvalue weighted by Crippen LogP contribution is 2.13. The lowest BCUT2D eigenvalue weighted by Crippen LogP contribution is -2.57. The molecule has 66 valence electrons. The van der Waals surface area contributed by atoms with Gasteiger partial charge in [0.1, 0.15) is 0 Å². The summed E-state index contributed by atoms with van der Waals surface area (Å²) < 4.78 is 0. The van der Waals surface area contributed by atoms with Crippen LogP contribution in [0.2, 0.25) is 0 Å². The van der Waals surface area contributed by atoms with E-state index in [1.165, 1.54) is 14.1 Å². The molecule has 0 saturated carbocycles. The van der Waals surface area contributed by atoms with E-state index in [9.17, 15) is 14.4 Å². The zero-order chi connectivity index (χ0) is 9.46. The molecule has 0 aromatic heterocycles. The summed E-state index contributed by atoms with van der Waals surface area (Å²) in [6.07, 6.45) is 0. The van der Waals surface area contributed by atoms with Crippen LogP contribution in [-0.2, 0) is 9.59 Å². The van der Waals surface area contributed by atoms with Gasteiger partial charge in [0, 0.05) is 14.1 Å². The Bertz CT molecular complexity index is 205. The average molecular weight is 191 g/mol. The molecule has 6 heteroatoms. The number of nitrogens with zero attached hydrogens (tertiary/aromatic N) is 2. The van der Waals surface area contributed by atoms with E-state index in [2.05, 4.69) is 0 Å². The molecule has 5 nitrogen and oxygen atoms in total. The number of hydrogen-bond donors (Lipinski definition) is 0. The summed E-state index contributed by atoms with van der Waals surface area (Å²) in [7, 11) is 2.56. The SMILES string of the molecule is CN1C(=O)C(Cl)C(=O)N(C)C1=O. The van der Waals surface area contributed by atoms with Crippen molar-refractivity contribution < 1.29 is 14.4 Å². The molecule has 0 radical (unpaired) electrons. The Morgan fingerprint density at radius 3 is 1.75 bits per heavy atom. The normalized spacial score (nSPS) is 20.8. The predicted octanol–water partition coefficient (Wildman–Crippen LogP) is -0.356. The number of carbonyl (C=O) groups excluding carboxylic acids is 3. The first kappa shape index (κ1) is 8.99. The second-order valence-corrected chi connectivity index (χ2v) is 2.88. The van der Waals surface area contributed by atoms with Gasteiger partial charge in [0.05, 0.1) is 0 Å². The highest BCUT2D eigenvalue weighted by molar-refractivity contribution is 6.44. The molecule has 0 atom stereocenters. The molecule has 0 aliphatic carbocycles. The molecule has 0 N–H and O–H groups in total. The molecule has 4 amide bonds. The molecule has 0 aromatic rings. The van der Waals surface area contributed by atoms with Crippen LogP contribution in [-0.4, -0.2) is 47.1 Å². The van der Waals surface area contributed by atoms with Crippen LogP contribution in [0.1, 0.15) is 0 Å². The zero-order valence-electron chi connectivity index (χ0n) is 6.57. The van der Waals surface area contributed by atoms with E-state index in [4.69, 9.17) is 11.6 Å². The van der Waals surface area contributed by atoms with Crippen molar-refractivity contribution in [3.8, 4) is 0 Å². The molecule has 0 unspecified atom stereocenters. The van der Waals surface area contributed by atoms with Gasteiger partial charge in [0.25, 0.3) is 11.8 Å². The van der Waals surface area contributed by atoms with Gasteiger partial charge in [-0.15, -0.1) is 11.6 Å². The number of amides is 4. The third-order valence-corrected chi connectivity index (χ3v) is 2.04. The number of rotatable bonds is 0. The van der Waals surface area contributed by atoms with Crippen LogP contribution in [0.4, 0.5) is 4.79 Å². The maximum atomic E-state index is 11.0. The van der Waals surface area contributed by atoms with Crippen LogP contribution in [0.5, 0.6) is 0 Å². The number of barbiturate groups is 1. The van der Waals surface area contributed by atoms with Crippen molar-refractivity contribution in [2.45, 2.75) is 5.38 Å². The molecule has 0 bridgehead atoms. The number of carbonyl (C=O) groups is 3. The van der Waals surface area contributed by atoms with Crippen LogP contribution in [0.25, 0.3) is 0 Å². The number of imide groups is 2. The summed E-state index contributed by atoms with van der Waals surface area (Å²) in [6.45, 7) is 0. The summed E-state index contributed by atoms with van der Waals surface area (Å²) in [6, 6.07) is -0.651. The minimum Gasteiger partial charge on any atom is -0.272 e. The third kappa shape index (κ3) is 1.06. The minimum absolute atomic E-state index is 0.651. The Morgan fingerprint density at radius 2 is 1.42 bits per heavy atom. The zero-order valence-corrected chi connectivity index (χ0v) is 7.33. The maximum absolute atomic E-state index is 11.0. The third-order valence-electron chi connectivity index (χ3n) is 1.67. The fourth-order valence-electron chi connectivity index (χ4n) is 0.859. The lowest BCUT2D eigenvalue weighted by atomic mass is 10.3. The first-order chi connectivity index (χ1) is 5.46. The molecule has 1 aliphatic heterocycles. The number of alkyl halides is 1. The van der Waals surface area contributed by atoms with Gasteiger partial charge in [-0.1, -0.05) is 0 Å². The Morgan fingerprint density at radius 1 is 1.08 bits per heavy atom. The molecule has 0 spiro atoms. The van der Waals surface area contributed by atoms with Crippen molar-refractivity contribution in [1.29, 1.82) is 0 Å². The topological polar surface area (TPSA) is 57.7 Å². The molecular weight excluding hydrogens is 184 g/mol. The van der Waals surface area contributed by atoms with E-state index in [0.29, 0.717) is 0 Å². The van der Waals surface area contributed by atoms with Crippen molar-refractivity contribution in [3.05, 3.63) is 0 Å². The molecule has 1 rings (SSSR count). The van der Waals surface area contributed by atoms with Crippen LogP contribution in [0.15, 0.2) is 0 Å². The molecule has 1 heterocycles. The molecule has 1 fully saturated rings. The van der Waals surface area contributed by atoms with Crippen LogP contribution in [0, 0.1) is 0 Å². The van der Waals surface area contributed by atoms with E-state index in [1.54, 1.807) is 0 Å². The van der Waals surface area contributed by atoms with E-state index >= 15 is 0 Å². The lowest BCUT2D eigenvalue weighted by molar-refractivity contribution is -0.140. The lowest BCUT2D eigenvalue weighted by Gasteiger charge is -2.29. The highest BCUT2D eigenvalue weighted by atomic mass is 35.5. The number of urea groups is 1. The average Bonchev–Trinajstić information content (AvgIpc) is 2.08. The van der Waals surface area contributed by atoms with Gasteiger partial charge in [-0.25, -0.2) is 4.79 Å². The van der Waals surface area contributed by atoms with Gasteiger partial charge in [0.15, 0.2) is 5.38 Å². The van der Waals surface area contributed by atoms with E-state index in [1.807, 2.05) is 0 Å². The maximum Gasteiger partial charge on any atom is 0.332 e. The fourth-order valence-corrected chi connectivity index (χ4v) is 1.15. The predicted molar refractivity (Wildman–Crippen MR) is 40.6 cm³/mol. The smallest absolute Gasteiger partial charge is 0.272 e. The Labute approximate surface area is 73.9 Å². The molecule has 1 aliphatic rings. The fraction of sp³-hybridized carbons (Fsp3) is 0.500. The van der Waals surface area contributed by atoms with Gasteiger partial charge >= 0.3 is 6.03 Å². The van der Waals surface area contributed by atoms with Crippen molar-refractivity contribution >= 4 is 29.4 Å². The Balaban J connectivity index is 2.99. The monoisotopic (exact) mass is 190 g/mol. The van der Waals surface area contributed by atoms with Gasteiger partial charge < -0.3 is 0 Å². The van der Waals surface area contributed by atoms with Crippen LogP contribution in [0.3, 0.4) is 0 Å². The second kappa shape index (κ2) is 2.75. The number of halogens is 1. The van der Waals surface area contributed by atoms with Crippen LogP contribution < -0.4 is 0 Å². The molecule has 0 aromatic carbocycles. The van der Waals surface area contributed by atoms with Gasteiger partial charge in [0.2, 0.25) is 0 Å². The number of hydrogen-bond acceptors (Lipinski definition) is 3. The van der Waals surface area contributed by atoms with Gasteiger partial charge in [-0.3, -0.25) is 19.4 Å². The molecule has 1 saturated heterocycles. The minimum atomic E-state index is -1.27. The summed E-state index contributed by atoms with van der Waals surface area (Å²) in [5, 5.41) is -1.27. The van der Waals surface area contributed by atoms with Gasteiger partial charge in [-0.05, 0) is 0 Å². The molecular formula is C6H7ClN2O3.